The van der Waals surface area contributed by atoms with Gasteiger partial charge < -0.3 is 20.1 Å². The molecule has 0 spiro atoms. The lowest BCUT2D eigenvalue weighted by Gasteiger charge is -2.42. The summed E-state index contributed by atoms with van der Waals surface area (Å²) in [6, 6.07) is 7.29. The maximum atomic E-state index is 12.3. The Morgan fingerprint density at radius 3 is 2.64 bits per heavy atom. The number of primary amides is 1. The van der Waals surface area contributed by atoms with Gasteiger partial charge in [-0.15, -0.1) is 0 Å². The van der Waals surface area contributed by atoms with Crippen LogP contribution in [0.1, 0.15) is 24.8 Å². The van der Waals surface area contributed by atoms with Crippen molar-refractivity contribution >= 4 is 17.9 Å². The number of likely N-dealkylation sites (N-methyl/N-ethyl adjacent to an activating group) is 1. The minimum absolute atomic E-state index is 0.228. The summed E-state index contributed by atoms with van der Waals surface area (Å²) in [5, 5.41) is 9.30. The first-order chi connectivity index (χ1) is 11.9. The number of nitrogens with two attached hydrogens (primary N) is 1. The van der Waals surface area contributed by atoms with Crippen LogP contribution >= 0.6 is 0 Å². The van der Waals surface area contributed by atoms with Gasteiger partial charge in [0.15, 0.2) is 18.1 Å². The van der Waals surface area contributed by atoms with Crippen molar-refractivity contribution in [1.82, 2.24) is 4.90 Å². The maximum Gasteiger partial charge on any atom is 0.255 e. The van der Waals surface area contributed by atoms with Crippen LogP contribution in [0.5, 0.6) is 11.5 Å². The zero-order valence-electron chi connectivity index (χ0n) is 14.3. The molecule has 1 aliphatic carbocycles. The van der Waals surface area contributed by atoms with Crippen molar-refractivity contribution in [2.75, 3.05) is 20.8 Å². The number of nitrogens with zero attached hydrogens (tertiary/aromatic N) is 2. The fraction of sp³-hybridized carbons (Fsp3) is 0.389. The van der Waals surface area contributed by atoms with Crippen molar-refractivity contribution in [1.29, 1.82) is 5.26 Å². The number of amides is 2. The van der Waals surface area contributed by atoms with Gasteiger partial charge in [-0.05, 0) is 43.0 Å². The molecule has 0 saturated heterocycles. The molecule has 0 aliphatic heterocycles. The van der Waals surface area contributed by atoms with Crippen molar-refractivity contribution < 1.29 is 19.1 Å². The molecule has 1 aliphatic rings. The number of benzene rings is 1. The van der Waals surface area contributed by atoms with Crippen LogP contribution in [0.2, 0.25) is 0 Å². The summed E-state index contributed by atoms with van der Waals surface area (Å²) in [6.07, 6.45) is 5.44. The molecule has 0 unspecified atom stereocenters. The summed E-state index contributed by atoms with van der Waals surface area (Å²) in [5.74, 6) is 0.00725. The van der Waals surface area contributed by atoms with E-state index < -0.39 is 11.4 Å². The number of carbonyl (C=O) groups is 2. The molecule has 2 amide bonds. The van der Waals surface area contributed by atoms with Crippen LogP contribution in [0, 0.1) is 11.3 Å². The second-order valence-corrected chi connectivity index (χ2v) is 5.89. The molecule has 25 heavy (non-hydrogen) atoms. The van der Waals surface area contributed by atoms with Crippen LogP contribution in [0.3, 0.4) is 0 Å². The Morgan fingerprint density at radius 1 is 1.40 bits per heavy atom. The highest BCUT2D eigenvalue weighted by Gasteiger charge is 2.42. The van der Waals surface area contributed by atoms with E-state index in [4.69, 9.17) is 15.2 Å². The van der Waals surface area contributed by atoms with E-state index in [1.807, 2.05) is 0 Å². The van der Waals surface area contributed by atoms with Crippen molar-refractivity contribution in [3.8, 4) is 17.6 Å². The fourth-order valence-electron chi connectivity index (χ4n) is 2.58. The predicted molar refractivity (Wildman–Crippen MR) is 91.7 cm³/mol. The van der Waals surface area contributed by atoms with Crippen molar-refractivity contribution in [2.45, 2.75) is 24.8 Å². The monoisotopic (exact) mass is 343 g/mol. The van der Waals surface area contributed by atoms with Crippen molar-refractivity contribution in [3.05, 3.63) is 29.8 Å². The summed E-state index contributed by atoms with van der Waals surface area (Å²) < 4.78 is 10.5. The first-order valence-corrected chi connectivity index (χ1v) is 7.88. The zero-order chi connectivity index (χ0) is 18.4. The third-order valence-corrected chi connectivity index (χ3v) is 4.34. The molecule has 0 heterocycles. The van der Waals surface area contributed by atoms with Crippen LogP contribution in [-0.2, 0) is 9.59 Å². The van der Waals surface area contributed by atoms with Gasteiger partial charge in [-0.1, -0.05) is 6.07 Å². The molecular formula is C18H21N3O4. The third kappa shape index (κ3) is 4.10. The summed E-state index contributed by atoms with van der Waals surface area (Å²) in [6.45, 7) is -0.245. The van der Waals surface area contributed by atoms with E-state index in [-0.39, 0.29) is 12.5 Å². The molecule has 7 heteroatoms. The molecule has 2 N–H and O–H groups in total. The Kier molecular flexibility index (Phi) is 5.65. The molecule has 0 atom stereocenters. The van der Waals surface area contributed by atoms with E-state index in [0.717, 1.165) is 12.0 Å². The topological polar surface area (TPSA) is 106 Å². The van der Waals surface area contributed by atoms with Crippen LogP contribution in [0.4, 0.5) is 0 Å². The van der Waals surface area contributed by atoms with Gasteiger partial charge in [0.05, 0.1) is 13.2 Å². The number of rotatable bonds is 7. The number of ether oxygens (including phenoxy) is 2. The van der Waals surface area contributed by atoms with Gasteiger partial charge in [0, 0.05) is 13.1 Å². The Balaban J connectivity index is 2.09. The normalized spacial score (nSPS) is 15.1. The lowest BCUT2D eigenvalue weighted by molar-refractivity contribution is -0.130. The first-order valence-electron chi connectivity index (χ1n) is 7.88. The lowest BCUT2D eigenvalue weighted by Crippen LogP contribution is -2.52. The van der Waals surface area contributed by atoms with Gasteiger partial charge in [-0.3, -0.25) is 9.59 Å². The van der Waals surface area contributed by atoms with Gasteiger partial charge >= 0.3 is 0 Å². The molecule has 0 radical (unpaired) electrons. The maximum absolute atomic E-state index is 12.3. The minimum Gasteiger partial charge on any atom is -0.493 e. The van der Waals surface area contributed by atoms with Crippen molar-refractivity contribution in [3.63, 3.8) is 0 Å². The van der Waals surface area contributed by atoms with Gasteiger partial charge in [0.2, 0.25) is 5.91 Å². The summed E-state index contributed by atoms with van der Waals surface area (Å²) >= 11 is 0. The number of hydrogen-bond acceptors (Lipinski definition) is 5. The van der Waals surface area contributed by atoms with Crippen LogP contribution in [0.25, 0.3) is 6.08 Å². The Hall–Kier alpha value is -3.01. The SMILES string of the molecule is COc1cc(C=CC(=O)N(C)C2(C#N)CCC2)ccc1OCC(N)=O. The number of hydrogen-bond donors (Lipinski definition) is 1. The predicted octanol–water partition coefficient (Wildman–Crippen LogP) is 1.48. The Labute approximate surface area is 146 Å². The molecule has 1 fully saturated rings. The van der Waals surface area contributed by atoms with Crippen LogP contribution in [-0.4, -0.2) is 43.0 Å². The van der Waals surface area contributed by atoms with Crippen molar-refractivity contribution in [2.24, 2.45) is 5.73 Å². The molecule has 1 aromatic carbocycles. The van der Waals surface area contributed by atoms with E-state index in [1.54, 1.807) is 31.3 Å². The molecule has 0 aromatic heterocycles. The Morgan fingerprint density at radius 2 is 2.12 bits per heavy atom. The molecule has 7 nitrogen and oxygen atoms in total. The van der Waals surface area contributed by atoms with E-state index in [1.165, 1.54) is 18.1 Å². The zero-order valence-corrected chi connectivity index (χ0v) is 14.3. The average molecular weight is 343 g/mol. The standard InChI is InChI=1S/C18H21N3O4/c1-21(18(12-19)8-3-9-18)17(23)7-5-13-4-6-14(15(10-13)24-2)25-11-16(20)22/h4-7,10H,3,8-9,11H2,1-2H3,(H2,20,22). The summed E-state index contributed by atoms with van der Waals surface area (Å²) in [7, 11) is 3.13. The first kappa shape index (κ1) is 18.3. The van der Waals surface area contributed by atoms with Gasteiger partial charge in [-0.25, -0.2) is 0 Å². The highest BCUT2D eigenvalue weighted by atomic mass is 16.5. The van der Waals surface area contributed by atoms with Gasteiger partial charge in [0.1, 0.15) is 5.54 Å². The third-order valence-electron chi connectivity index (χ3n) is 4.34. The second-order valence-electron chi connectivity index (χ2n) is 5.89. The number of carbonyl (C=O) groups excluding carboxylic acids is 2. The molecule has 132 valence electrons. The average Bonchev–Trinajstić information content (AvgIpc) is 2.57. The smallest absolute Gasteiger partial charge is 0.255 e. The molecular weight excluding hydrogens is 322 g/mol. The molecule has 1 saturated carbocycles. The number of nitriles is 1. The van der Waals surface area contributed by atoms with E-state index >= 15 is 0 Å². The van der Waals surface area contributed by atoms with E-state index in [9.17, 15) is 14.9 Å². The Bertz CT molecular complexity index is 732. The highest BCUT2D eigenvalue weighted by Crippen LogP contribution is 2.36. The second kappa shape index (κ2) is 7.71. The quantitative estimate of drug-likeness (QED) is 0.755. The fourth-order valence-corrected chi connectivity index (χ4v) is 2.58. The minimum atomic E-state index is -0.675. The molecule has 2 rings (SSSR count). The summed E-state index contributed by atoms with van der Waals surface area (Å²) in [5.41, 5.74) is 5.10. The van der Waals surface area contributed by atoms with Crippen LogP contribution < -0.4 is 15.2 Å². The van der Waals surface area contributed by atoms with Crippen LogP contribution in [0.15, 0.2) is 24.3 Å². The van der Waals surface area contributed by atoms with Gasteiger partial charge in [-0.2, -0.15) is 5.26 Å². The van der Waals surface area contributed by atoms with E-state index in [2.05, 4.69) is 6.07 Å². The summed E-state index contributed by atoms with van der Waals surface area (Å²) in [4.78, 5) is 24.6. The number of methoxy groups -OCH3 is 1. The van der Waals surface area contributed by atoms with E-state index in [0.29, 0.717) is 24.3 Å². The highest BCUT2D eigenvalue weighted by molar-refractivity contribution is 5.92. The molecule has 1 aromatic rings. The largest absolute Gasteiger partial charge is 0.493 e. The lowest BCUT2D eigenvalue weighted by atomic mass is 9.76. The van der Waals surface area contributed by atoms with Gasteiger partial charge in [0.25, 0.3) is 5.91 Å². The molecule has 0 bridgehead atoms.